The summed E-state index contributed by atoms with van der Waals surface area (Å²) in [5.74, 6) is 1.00. The van der Waals surface area contributed by atoms with Crippen LogP contribution in [0.25, 0.3) is 5.57 Å². The molecule has 0 radical (unpaired) electrons. The Labute approximate surface area is 208 Å². The normalized spacial score (nSPS) is 11.3. The summed E-state index contributed by atoms with van der Waals surface area (Å²) in [6, 6.07) is 6.36. The van der Waals surface area contributed by atoms with Gasteiger partial charge in [0, 0.05) is 11.3 Å². The van der Waals surface area contributed by atoms with Crippen LogP contribution in [0.1, 0.15) is 104 Å². The van der Waals surface area contributed by atoms with E-state index in [4.69, 9.17) is 23.2 Å². The molecule has 4 heteroatoms. The van der Waals surface area contributed by atoms with Crippen molar-refractivity contribution in [1.29, 1.82) is 0 Å². The molecule has 1 rings (SSSR count). The van der Waals surface area contributed by atoms with Crippen LogP contribution in [0, 0.1) is 19.8 Å². The summed E-state index contributed by atoms with van der Waals surface area (Å²) >= 11 is 11.6. The van der Waals surface area contributed by atoms with E-state index in [-0.39, 0.29) is 10.5 Å². The molecule has 0 heterocycles. The van der Waals surface area contributed by atoms with Gasteiger partial charge in [-0.3, -0.25) is 0 Å². The number of allylic oxidation sites excluding steroid dienone is 2. The maximum absolute atomic E-state index is 5.97. The summed E-state index contributed by atoms with van der Waals surface area (Å²) in [6.45, 7) is 24.5. The van der Waals surface area contributed by atoms with Crippen LogP contribution < -0.4 is 0 Å². The molecule has 0 spiro atoms. The second kappa shape index (κ2) is 19.1. The van der Waals surface area contributed by atoms with Crippen LogP contribution in [-0.4, -0.2) is 11.0 Å². The Morgan fingerprint density at radius 2 is 1.53 bits per heavy atom. The zero-order valence-electron chi connectivity index (χ0n) is 22.2. The Bertz CT molecular complexity index is 766. The van der Waals surface area contributed by atoms with Gasteiger partial charge in [0.1, 0.15) is 5.16 Å². The fraction of sp³-hybridized carbons (Fsp3) is 0.571. The molecule has 0 bridgehead atoms. The van der Waals surface area contributed by atoms with Crippen molar-refractivity contribution in [3.05, 3.63) is 52.2 Å². The first kappa shape index (κ1) is 32.8. The average molecular weight is 482 g/mol. The summed E-state index contributed by atoms with van der Waals surface area (Å²) in [6.07, 6.45) is 6.97. The Morgan fingerprint density at radius 3 is 1.97 bits per heavy atom. The summed E-state index contributed by atoms with van der Waals surface area (Å²) in [4.78, 5) is 8.15. The lowest BCUT2D eigenvalue weighted by Gasteiger charge is -2.14. The third-order valence-electron chi connectivity index (χ3n) is 5.12. The van der Waals surface area contributed by atoms with Crippen LogP contribution in [0.5, 0.6) is 0 Å². The largest absolute Gasteiger partial charge is 0.223 e. The van der Waals surface area contributed by atoms with E-state index in [1.807, 2.05) is 20.8 Å². The summed E-state index contributed by atoms with van der Waals surface area (Å²) in [5.41, 5.74) is 6.60. The first-order chi connectivity index (χ1) is 15.1. The van der Waals surface area contributed by atoms with Gasteiger partial charge in [-0.1, -0.05) is 114 Å². The number of aryl methyl sites for hydroxylation is 2. The van der Waals surface area contributed by atoms with Gasteiger partial charge in [-0.25, -0.2) is 9.98 Å². The molecule has 0 aromatic heterocycles. The predicted molar refractivity (Wildman–Crippen MR) is 151 cm³/mol. The fourth-order valence-corrected chi connectivity index (χ4v) is 3.69. The lowest BCUT2D eigenvalue weighted by atomic mass is 9.92. The van der Waals surface area contributed by atoms with Gasteiger partial charge in [0.25, 0.3) is 0 Å². The van der Waals surface area contributed by atoms with E-state index in [2.05, 4.69) is 83.2 Å². The lowest BCUT2D eigenvalue weighted by Crippen LogP contribution is -2.03. The van der Waals surface area contributed by atoms with E-state index in [9.17, 15) is 0 Å². The topological polar surface area (TPSA) is 24.7 Å². The molecule has 0 saturated heterocycles. The van der Waals surface area contributed by atoms with E-state index < -0.39 is 0 Å². The highest BCUT2D eigenvalue weighted by molar-refractivity contribution is 6.66. The number of rotatable bonds is 8. The van der Waals surface area contributed by atoms with Crippen LogP contribution in [0.3, 0.4) is 0 Å². The van der Waals surface area contributed by atoms with Crippen molar-refractivity contribution in [2.24, 2.45) is 15.9 Å². The smallest absolute Gasteiger partial charge is 0.223 e. The number of halogens is 2. The Balaban J connectivity index is 0. The second-order valence-electron chi connectivity index (χ2n) is 7.97. The molecule has 182 valence electrons. The first-order valence-corrected chi connectivity index (χ1v) is 12.7. The molecule has 0 atom stereocenters. The van der Waals surface area contributed by atoms with Gasteiger partial charge in [0.05, 0.1) is 0 Å². The van der Waals surface area contributed by atoms with Crippen molar-refractivity contribution in [2.45, 2.75) is 101 Å². The number of hydrogen-bond acceptors (Lipinski definition) is 1. The van der Waals surface area contributed by atoms with E-state index in [0.29, 0.717) is 0 Å². The number of nitrogens with zero attached hydrogens (tertiary/aromatic N) is 2. The number of unbranched alkanes of at least 4 members (excludes halogenated alkanes) is 1. The number of aliphatic imine (C=N–C) groups is 2. The van der Waals surface area contributed by atoms with Gasteiger partial charge in [0.15, 0.2) is 0 Å². The molecule has 32 heavy (non-hydrogen) atoms. The highest BCUT2D eigenvalue weighted by Gasteiger charge is 2.11. The molecule has 0 N–H and O–H groups in total. The number of benzene rings is 1. The minimum absolute atomic E-state index is 0.0801. The maximum Gasteiger partial charge on any atom is 0.223 e. The Hall–Kier alpha value is -1.38. The van der Waals surface area contributed by atoms with Gasteiger partial charge >= 0.3 is 0 Å². The van der Waals surface area contributed by atoms with Crippen molar-refractivity contribution >= 4 is 39.8 Å². The van der Waals surface area contributed by atoms with Crippen molar-refractivity contribution in [3.8, 4) is 0 Å². The minimum atomic E-state index is 0.0801. The van der Waals surface area contributed by atoms with Gasteiger partial charge in [-0.2, -0.15) is 0 Å². The molecular weight excluding hydrogens is 435 g/mol. The Morgan fingerprint density at radius 1 is 0.969 bits per heavy atom. The zero-order chi connectivity index (χ0) is 25.3. The molecule has 0 aliphatic rings. The minimum Gasteiger partial charge on any atom is -0.223 e. The van der Waals surface area contributed by atoms with Gasteiger partial charge in [0.2, 0.25) is 5.29 Å². The molecule has 0 saturated carbocycles. The molecule has 0 aliphatic heterocycles. The molecular formula is C28H46Cl2N2. The van der Waals surface area contributed by atoms with Crippen LogP contribution >= 0.6 is 23.2 Å². The summed E-state index contributed by atoms with van der Waals surface area (Å²) < 4.78 is 0. The number of hydrogen-bond donors (Lipinski definition) is 0. The first-order valence-electron chi connectivity index (χ1n) is 12.0. The van der Waals surface area contributed by atoms with Crippen LogP contribution in [0.4, 0.5) is 0 Å². The lowest BCUT2D eigenvalue weighted by molar-refractivity contribution is 0.438. The highest BCUT2D eigenvalue weighted by atomic mass is 35.5. The molecule has 0 fully saturated rings. The van der Waals surface area contributed by atoms with Crippen LogP contribution in [0.15, 0.2) is 45.5 Å². The third kappa shape index (κ3) is 13.9. The van der Waals surface area contributed by atoms with Crippen molar-refractivity contribution in [3.63, 3.8) is 0 Å². The van der Waals surface area contributed by atoms with Crippen molar-refractivity contribution in [1.82, 2.24) is 0 Å². The van der Waals surface area contributed by atoms with Crippen LogP contribution in [-0.2, 0) is 0 Å². The van der Waals surface area contributed by atoms with E-state index >= 15 is 0 Å². The van der Waals surface area contributed by atoms with Gasteiger partial charge in [-0.15, -0.1) is 0 Å². The maximum atomic E-state index is 5.97. The fourth-order valence-electron chi connectivity index (χ4n) is 3.34. The standard InChI is InChI=1S/C17H20Cl2N2.C9H20.C2H6/c1-10(2)16(13(5)20-17(19)21-14(6)18)15-9-11(3)7-8-12(15)4;1-4-7-8-9(5-2)6-3;1-2/h7-9H,6H2,1-5H3;9H,4-8H2,1-3H3;1-2H3/b20-13+,21-17-;;. The summed E-state index contributed by atoms with van der Waals surface area (Å²) in [5, 5.41) is 0.193. The van der Waals surface area contributed by atoms with Gasteiger partial charge in [-0.05, 0) is 63.3 Å². The molecule has 1 aromatic carbocycles. The highest BCUT2D eigenvalue weighted by Crippen LogP contribution is 2.25. The summed E-state index contributed by atoms with van der Waals surface area (Å²) in [7, 11) is 0. The van der Waals surface area contributed by atoms with Crippen molar-refractivity contribution < 1.29 is 0 Å². The zero-order valence-corrected chi connectivity index (χ0v) is 23.7. The molecule has 1 aromatic rings. The third-order valence-corrected chi connectivity index (χ3v) is 5.37. The Kier molecular flexibility index (Phi) is 19.6. The van der Waals surface area contributed by atoms with Crippen LogP contribution in [0.2, 0.25) is 0 Å². The van der Waals surface area contributed by atoms with E-state index in [1.165, 1.54) is 48.8 Å². The van der Waals surface area contributed by atoms with E-state index in [0.717, 1.165) is 22.8 Å². The monoisotopic (exact) mass is 480 g/mol. The van der Waals surface area contributed by atoms with Crippen molar-refractivity contribution in [2.75, 3.05) is 0 Å². The molecule has 0 amide bonds. The SMILES string of the molecule is C=C(Cl)/N=C(Cl)\N=C(/C)C(=C(C)C)c1cc(C)ccc1C.CC.CCCCC(CC)CC. The van der Waals surface area contributed by atoms with Gasteiger partial charge < -0.3 is 0 Å². The van der Waals surface area contributed by atoms with E-state index in [1.54, 1.807) is 0 Å². The second-order valence-corrected chi connectivity index (χ2v) is 8.75. The predicted octanol–water partition coefficient (Wildman–Crippen LogP) is 10.5. The molecule has 0 unspecified atom stereocenters. The quantitative estimate of drug-likeness (QED) is 0.200. The average Bonchev–Trinajstić information content (AvgIpc) is 2.72. The molecule has 2 nitrogen and oxygen atoms in total. The molecule has 0 aliphatic carbocycles. The number of amidine groups is 1.